The third kappa shape index (κ3) is 2.34. The number of hydrogen-bond acceptors (Lipinski definition) is 2. The Kier molecular flexibility index (Phi) is 3.14. The van der Waals surface area contributed by atoms with Gasteiger partial charge in [-0.1, -0.05) is 15.9 Å². The Morgan fingerprint density at radius 3 is 3.09 bits per heavy atom. The lowest BCUT2D eigenvalue weighted by Crippen LogP contribution is -2.45. The number of hydrogen-bond donors (Lipinski definition) is 1. The first-order valence-electron chi connectivity index (χ1n) is 3.39. The molecular weight excluding hydrogens is 214 g/mol. The Bertz CT molecular complexity index is 153. The summed E-state index contributed by atoms with van der Waals surface area (Å²) in [6, 6.07) is 0. The van der Waals surface area contributed by atoms with Crippen molar-refractivity contribution in [3.8, 4) is 0 Å². The lowest BCUT2D eigenvalue weighted by molar-refractivity contribution is -0.00900. The van der Waals surface area contributed by atoms with Crippen LogP contribution in [0.3, 0.4) is 0 Å². The van der Waals surface area contributed by atoms with Gasteiger partial charge in [-0.3, -0.25) is 0 Å². The molecule has 1 aliphatic rings. The molecule has 0 radical (unpaired) electrons. The number of halogens is 1. The highest BCUT2D eigenvalue weighted by Crippen LogP contribution is 2.07. The number of alkyl halides is 1. The minimum Gasteiger partial charge on any atom is -0.465 e. The molecule has 4 nitrogen and oxygen atoms in total. The number of morpholine rings is 1. The summed E-state index contributed by atoms with van der Waals surface area (Å²) >= 11 is 3.24. The number of ether oxygens (including phenoxy) is 1. The van der Waals surface area contributed by atoms with Gasteiger partial charge < -0.3 is 14.7 Å². The molecule has 1 saturated heterocycles. The molecular formula is C6H10BrNO3. The lowest BCUT2D eigenvalue weighted by atomic mass is 10.3. The Balaban J connectivity index is 2.39. The van der Waals surface area contributed by atoms with E-state index in [0.29, 0.717) is 25.0 Å². The first-order chi connectivity index (χ1) is 5.24. The predicted octanol–water partition coefficient (Wildman–Crippen LogP) is 0.760. The van der Waals surface area contributed by atoms with Gasteiger partial charge in [0.05, 0.1) is 19.3 Å². The number of carbonyl (C=O) groups is 1. The normalized spacial score (nSPS) is 25.2. The number of amides is 1. The zero-order chi connectivity index (χ0) is 8.27. The second-order valence-electron chi connectivity index (χ2n) is 2.38. The van der Waals surface area contributed by atoms with Gasteiger partial charge in [-0.25, -0.2) is 4.79 Å². The van der Waals surface area contributed by atoms with Crippen LogP contribution in [0.5, 0.6) is 0 Å². The first-order valence-corrected chi connectivity index (χ1v) is 4.51. The summed E-state index contributed by atoms with van der Waals surface area (Å²) in [5, 5.41) is 9.30. The largest absolute Gasteiger partial charge is 0.465 e. The van der Waals surface area contributed by atoms with Gasteiger partial charge in [-0.15, -0.1) is 0 Å². The molecule has 0 aromatic rings. The van der Waals surface area contributed by atoms with Crippen molar-refractivity contribution in [1.29, 1.82) is 0 Å². The van der Waals surface area contributed by atoms with Crippen LogP contribution in [-0.4, -0.2) is 47.2 Å². The van der Waals surface area contributed by atoms with Crippen LogP contribution in [0.2, 0.25) is 0 Å². The lowest BCUT2D eigenvalue weighted by Gasteiger charge is -2.29. The van der Waals surface area contributed by atoms with Crippen molar-refractivity contribution in [3.05, 3.63) is 0 Å². The highest BCUT2D eigenvalue weighted by Gasteiger charge is 2.22. The summed E-state index contributed by atoms with van der Waals surface area (Å²) < 4.78 is 5.26. The number of carboxylic acid groups (broad SMARTS) is 1. The highest BCUT2D eigenvalue weighted by molar-refractivity contribution is 9.09. The topological polar surface area (TPSA) is 49.8 Å². The summed E-state index contributed by atoms with van der Waals surface area (Å²) in [6.45, 7) is 1.46. The quantitative estimate of drug-likeness (QED) is 0.669. The van der Waals surface area contributed by atoms with Crippen molar-refractivity contribution in [2.75, 3.05) is 25.0 Å². The molecule has 0 spiro atoms. The summed E-state index contributed by atoms with van der Waals surface area (Å²) in [7, 11) is 0. The molecule has 1 unspecified atom stereocenters. The van der Waals surface area contributed by atoms with E-state index in [4.69, 9.17) is 9.84 Å². The first kappa shape index (κ1) is 8.80. The second-order valence-corrected chi connectivity index (χ2v) is 3.02. The van der Waals surface area contributed by atoms with E-state index in [1.807, 2.05) is 0 Å². The van der Waals surface area contributed by atoms with E-state index in [1.165, 1.54) is 4.90 Å². The Morgan fingerprint density at radius 1 is 1.82 bits per heavy atom. The fourth-order valence-corrected chi connectivity index (χ4v) is 1.38. The molecule has 1 fully saturated rings. The highest BCUT2D eigenvalue weighted by atomic mass is 79.9. The standard InChI is InChI=1S/C6H10BrNO3/c7-3-5-4-8(6(9)10)1-2-11-5/h5H,1-4H2,(H,9,10). The van der Waals surface area contributed by atoms with Crippen LogP contribution in [-0.2, 0) is 4.74 Å². The van der Waals surface area contributed by atoms with E-state index in [9.17, 15) is 4.79 Å². The van der Waals surface area contributed by atoms with Crippen molar-refractivity contribution >= 4 is 22.0 Å². The van der Waals surface area contributed by atoms with Gasteiger partial charge in [-0.05, 0) is 0 Å². The van der Waals surface area contributed by atoms with Crippen LogP contribution in [0, 0.1) is 0 Å². The predicted molar refractivity (Wildman–Crippen MR) is 43.1 cm³/mol. The average Bonchev–Trinajstić information content (AvgIpc) is 2.05. The minimum atomic E-state index is -0.862. The molecule has 1 aliphatic heterocycles. The van der Waals surface area contributed by atoms with Gasteiger partial charge in [0, 0.05) is 11.9 Å². The van der Waals surface area contributed by atoms with Gasteiger partial charge in [0.15, 0.2) is 0 Å². The fourth-order valence-electron chi connectivity index (χ4n) is 0.986. The SMILES string of the molecule is O=C(O)N1CCOC(CBr)C1. The van der Waals surface area contributed by atoms with Gasteiger partial charge >= 0.3 is 6.09 Å². The molecule has 1 amide bonds. The van der Waals surface area contributed by atoms with Crippen molar-refractivity contribution < 1.29 is 14.6 Å². The third-order valence-corrected chi connectivity index (χ3v) is 2.30. The van der Waals surface area contributed by atoms with Crippen LogP contribution in [0.1, 0.15) is 0 Å². The van der Waals surface area contributed by atoms with E-state index >= 15 is 0 Å². The summed E-state index contributed by atoms with van der Waals surface area (Å²) in [4.78, 5) is 11.8. The number of rotatable bonds is 1. The van der Waals surface area contributed by atoms with Crippen molar-refractivity contribution in [2.24, 2.45) is 0 Å². The van der Waals surface area contributed by atoms with Crippen LogP contribution < -0.4 is 0 Å². The fraction of sp³-hybridized carbons (Fsp3) is 0.833. The van der Waals surface area contributed by atoms with Crippen molar-refractivity contribution in [2.45, 2.75) is 6.10 Å². The molecule has 5 heteroatoms. The minimum absolute atomic E-state index is 0.0137. The van der Waals surface area contributed by atoms with Crippen LogP contribution in [0.25, 0.3) is 0 Å². The Labute approximate surface area is 73.3 Å². The van der Waals surface area contributed by atoms with E-state index in [0.717, 1.165) is 0 Å². The Hall–Kier alpha value is -0.290. The van der Waals surface area contributed by atoms with Crippen LogP contribution >= 0.6 is 15.9 Å². The van der Waals surface area contributed by atoms with Gasteiger partial charge in [0.2, 0.25) is 0 Å². The van der Waals surface area contributed by atoms with Gasteiger partial charge in [0.1, 0.15) is 0 Å². The molecule has 0 aromatic heterocycles. The monoisotopic (exact) mass is 223 g/mol. The van der Waals surface area contributed by atoms with E-state index in [-0.39, 0.29) is 6.10 Å². The molecule has 1 atom stereocenters. The zero-order valence-corrected chi connectivity index (χ0v) is 7.58. The van der Waals surface area contributed by atoms with Crippen LogP contribution in [0.4, 0.5) is 4.79 Å². The molecule has 1 N–H and O–H groups in total. The van der Waals surface area contributed by atoms with E-state index < -0.39 is 6.09 Å². The summed E-state index contributed by atoms with van der Waals surface area (Å²) in [6.07, 6.45) is -0.848. The zero-order valence-electron chi connectivity index (χ0n) is 5.99. The molecule has 0 aliphatic carbocycles. The van der Waals surface area contributed by atoms with Gasteiger partial charge in [-0.2, -0.15) is 0 Å². The average molecular weight is 224 g/mol. The molecule has 0 aromatic carbocycles. The molecule has 0 saturated carbocycles. The molecule has 0 bridgehead atoms. The maximum absolute atomic E-state index is 10.5. The molecule has 1 rings (SSSR count). The molecule has 1 heterocycles. The number of nitrogens with zero attached hydrogens (tertiary/aromatic N) is 1. The second kappa shape index (κ2) is 3.92. The summed E-state index contributed by atoms with van der Waals surface area (Å²) in [5.41, 5.74) is 0. The Morgan fingerprint density at radius 2 is 2.55 bits per heavy atom. The van der Waals surface area contributed by atoms with Crippen LogP contribution in [0.15, 0.2) is 0 Å². The van der Waals surface area contributed by atoms with E-state index in [1.54, 1.807) is 0 Å². The van der Waals surface area contributed by atoms with Crippen molar-refractivity contribution in [3.63, 3.8) is 0 Å². The molecule has 11 heavy (non-hydrogen) atoms. The maximum atomic E-state index is 10.5. The smallest absolute Gasteiger partial charge is 0.407 e. The maximum Gasteiger partial charge on any atom is 0.407 e. The van der Waals surface area contributed by atoms with Gasteiger partial charge in [0.25, 0.3) is 0 Å². The third-order valence-electron chi connectivity index (χ3n) is 1.58. The van der Waals surface area contributed by atoms with Crippen molar-refractivity contribution in [1.82, 2.24) is 4.90 Å². The summed E-state index contributed by atoms with van der Waals surface area (Å²) in [5.74, 6) is 0. The van der Waals surface area contributed by atoms with E-state index in [2.05, 4.69) is 15.9 Å². The molecule has 64 valence electrons.